The molecule has 0 saturated heterocycles. The van der Waals surface area contributed by atoms with E-state index in [-0.39, 0.29) is 12.7 Å². The summed E-state index contributed by atoms with van der Waals surface area (Å²) in [6, 6.07) is 0. The molecule has 0 bridgehead atoms. The molecule has 25 heavy (non-hydrogen) atoms. The molecular weight excluding hydrogens is 310 g/mol. The van der Waals surface area contributed by atoms with Crippen LogP contribution in [-0.2, 0) is 0 Å². The van der Waals surface area contributed by atoms with Crippen molar-refractivity contribution in [3.8, 4) is 0 Å². The summed E-state index contributed by atoms with van der Waals surface area (Å²) in [6.45, 7) is 4.14. The Morgan fingerprint density at radius 3 is 1.60 bits per heavy atom. The van der Waals surface area contributed by atoms with E-state index in [9.17, 15) is 5.11 Å². The van der Waals surface area contributed by atoms with Gasteiger partial charge in [0.25, 0.3) is 0 Å². The molecule has 0 aliphatic heterocycles. The summed E-state index contributed by atoms with van der Waals surface area (Å²) < 4.78 is 0. The van der Waals surface area contributed by atoms with Gasteiger partial charge in [-0.3, -0.25) is 0 Å². The normalized spacial score (nSPS) is 12.6. The first-order valence-electron chi connectivity index (χ1n) is 11.3. The third-order valence-electron chi connectivity index (χ3n) is 5.03. The standard InChI is InChI=1S/C22H47NO2/c1-2-3-4-5-6-7-8-9-10-11-12-13-14-15-18-22(25)21-23-19-16-17-20-24/h22-25H,2-21H2,1H3. The van der Waals surface area contributed by atoms with E-state index in [4.69, 9.17) is 5.11 Å². The average Bonchev–Trinajstić information content (AvgIpc) is 2.62. The Kier molecular flexibility index (Phi) is 21.8. The Morgan fingerprint density at radius 1 is 0.640 bits per heavy atom. The third-order valence-corrected chi connectivity index (χ3v) is 5.03. The van der Waals surface area contributed by atoms with Gasteiger partial charge in [-0.2, -0.15) is 0 Å². The second-order valence-electron chi connectivity index (χ2n) is 7.67. The summed E-state index contributed by atoms with van der Waals surface area (Å²) in [7, 11) is 0. The largest absolute Gasteiger partial charge is 0.396 e. The van der Waals surface area contributed by atoms with Crippen LogP contribution in [0.3, 0.4) is 0 Å². The molecular formula is C22H47NO2. The summed E-state index contributed by atoms with van der Waals surface area (Å²) in [5, 5.41) is 21.8. The summed E-state index contributed by atoms with van der Waals surface area (Å²) in [4.78, 5) is 0. The molecule has 0 aliphatic carbocycles. The molecule has 0 spiro atoms. The van der Waals surface area contributed by atoms with E-state index < -0.39 is 0 Å². The van der Waals surface area contributed by atoms with Crippen LogP contribution < -0.4 is 5.32 Å². The summed E-state index contributed by atoms with van der Waals surface area (Å²) in [5.41, 5.74) is 0. The van der Waals surface area contributed by atoms with Gasteiger partial charge < -0.3 is 15.5 Å². The van der Waals surface area contributed by atoms with Crippen LogP contribution in [-0.4, -0.2) is 36.0 Å². The van der Waals surface area contributed by atoms with Crippen molar-refractivity contribution >= 4 is 0 Å². The Morgan fingerprint density at radius 2 is 1.12 bits per heavy atom. The molecule has 152 valence electrons. The summed E-state index contributed by atoms with van der Waals surface area (Å²) in [6.07, 6.45) is 21.9. The van der Waals surface area contributed by atoms with E-state index >= 15 is 0 Å². The molecule has 0 saturated carbocycles. The first-order valence-corrected chi connectivity index (χ1v) is 11.3. The molecule has 0 rings (SSSR count). The SMILES string of the molecule is CCCCCCCCCCCCCCCCC(O)CNCCCCO. The predicted octanol–water partition coefficient (Wildman–Crippen LogP) is 5.58. The lowest BCUT2D eigenvalue weighted by Gasteiger charge is -2.11. The fourth-order valence-electron chi connectivity index (χ4n) is 3.31. The van der Waals surface area contributed by atoms with E-state index in [0.29, 0.717) is 6.54 Å². The van der Waals surface area contributed by atoms with Gasteiger partial charge in [0, 0.05) is 13.2 Å². The van der Waals surface area contributed by atoms with Gasteiger partial charge in [-0.15, -0.1) is 0 Å². The van der Waals surface area contributed by atoms with Gasteiger partial charge in [-0.05, 0) is 25.8 Å². The first kappa shape index (κ1) is 24.9. The molecule has 0 radical (unpaired) electrons. The zero-order valence-corrected chi connectivity index (χ0v) is 17.1. The predicted molar refractivity (Wildman–Crippen MR) is 110 cm³/mol. The average molecular weight is 358 g/mol. The monoisotopic (exact) mass is 357 g/mol. The van der Waals surface area contributed by atoms with Crippen molar-refractivity contribution in [3.63, 3.8) is 0 Å². The smallest absolute Gasteiger partial charge is 0.0664 e. The number of hydrogen-bond acceptors (Lipinski definition) is 3. The summed E-state index contributed by atoms with van der Waals surface area (Å²) >= 11 is 0. The second kappa shape index (κ2) is 21.9. The topological polar surface area (TPSA) is 52.5 Å². The van der Waals surface area contributed by atoms with Crippen LogP contribution in [0.25, 0.3) is 0 Å². The maximum atomic E-state index is 9.89. The first-order chi connectivity index (χ1) is 12.3. The molecule has 3 heteroatoms. The molecule has 0 fully saturated rings. The Bertz CT molecular complexity index is 236. The van der Waals surface area contributed by atoms with E-state index in [1.807, 2.05) is 0 Å². The van der Waals surface area contributed by atoms with Crippen molar-refractivity contribution in [1.29, 1.82) is 0 Å². The second-order valence-corrected chi connectivity index (χ2v) is 7.67. The Balaban J connectivity index is 3.08. The zero-order valence-electron chi connectivity index (χ0n) is 17.1. The number of aliphatic hydroxyl groups excluding tert-OH is 2. The maximum absolute atomic E-state index is 9.89. The lowest BCUT2D eigenvalue weighted by molar-refractivity contribution is 0.157. The van der Waals surface area contributed by atoms with Crippen LogP contribution >= 0.6 is 0 Å². The van der Waals surface area contributed by atoms with Gasteiger partial charge in [0.2, 0.25) is 0 Å². The van der Waals surface area contributed by atoms with Gasteiger partial charge in [-0.1, -0.05) is 96.8 Å². The van der Waals surface area contributed by atoms with Crippen LogP contribution in [0.4, 0.5) is 0 Å². The maximum Gasteiger partial charge on any atom is 0.0664 e. The van der Waals surface area contributed by atoms with Crippen LogP contribution in [0.5, 0.6) is 0 Å². The number of nitrogens with one attached hydrogen (secondary N) is 1. The molecule has 1 atom stereocenters. The van der Waals surface area contributed by atoms with Gasteiger partial charge in [0.05, 0.1) is 6.10 Å². The van der Waals surface area contributed by atoms with Crippen molar-refractivity contribution in [2.24, 2.45) is 0 Å². The molecule has 0 heterocycles. The Hall–Kier alpha value is -0.120. The van der Waals surface area contributed by atoms with E-state index in [1.165, 1.54) is 83.5 Å². The highest BCUT2D eigenvalue weighted by Gasteiger charge is 2.03. The van der Waals surface area contributed by atoms with Crippen LogP contribution in [0.2, 0.25) is 0 Å². The molecule has 0 aliphatic rings. The van der Waals surface area contributed by atoms with Crippen molar-refractivity contribution in [1.82, 2.24) is 5.32 Å². The van der Waals surface area contributed by atoms with Crippen LogP contribution in [0.15, 0.2) is 0 Å². The minimum absolute atomic E-state index is 0.202. The number of aliphatic hydroxyl groups is 2. The number of unbranched alkanes of at least 4 members (excludes halogenated alkanes) is 14. The highest BCUT2D eigenvalue weighted by molar-refractivity contribution is 4.60. The van der Waals surface area contributed by atoms with E-state index in [2.05, 4.69) is 12.2 Å². The van der Waals surface area contributed by atoms with Gasteiger partial charge >= 0.3 is 0 Å². The minimum atomic E-state index is -0.202. The molecule has 0 aromatic carbocycles. The molecule has 0 aromatic rings. The van der Waals surface area contributed by atoms with Gasteiger partial charge in [0.15, 0.2) is 0 Å². The molecule has 3 nitrogen and oxygen atoms in total. The quantitative estimate of drug-likeness (QED) is 0.235. The van der Waals surface area contributed by atoms with Crippen molar-refractivity contribution in [2.45, 2.75) is 122 Å². The molecule has 0 amide bonds. The van der Waals surface area contributed by atoms with Crippen molar-refractivity contribution in [2.75, 3.05) is 19.7 Å². The van der Waals surface area contributed by atoms with E-state index in [0.717, 1.165) is 32.2 Å². The zero-order chi connectivity index (χ0) is 18.4. The molecule has 3 N–H and O–H groups in total. The highest BCUT2D eigenvalue weighted by Crippen LogP contribution is 2.13. The fraction of sp³-hybridized carbons (Fsp3) is 1.00. The van der Waals surface area contributed by atoms with Crippen molar-refractivity contribution < 1.29 is 10.2 Å². The van der Waals surface area contributed by atoms with Gasteiger partial charge in [0.1, 0.15) is 0 Å². The lowest BCUT2D eigenvalue weighted by Crippen LogP contribution is -2.27. The lowest BCUT2D eigenvalue weighted by atomic mass is 10.0. The highest BCUT2D eigenvalue weighted by atomic mass is 16.3. The third kappa shape index (κ3) is 21.8. The van der Waals surface area contributed by atoms with Crippen molar-refractivity contribution in [3.05, 3.63) is 0 Å². The minimum Gasteiger partial charge on any atom is -0.396 e. The number of rotatable bonds is 21. The van der Waals surface area contributed by atoms with Crippen LogP contribution in [0, 0.1) is 0 Å². The van der Waals surface area contributed by atoms with Gasteiger partial charge in [-0.25, -0.2) is 0 Å². The van der Waals surface area contributed by atoms with Crippen LogP contribution in [0.1, 0.15) is 116 Å². The molecule has 1 unspecified atom stereocenters. The molecule has 0 aromatic heterocycles. The fourth-order valence-corrected chi connectivity index (χ4v) is 3.31. The number of hydrogen-bond donors (Lipinski definition) is 3. The summed E-state index contributed by atoms with van der Waals surface area (Å²) in [5.74, 6) is 0. The van der Waals surface area contributed by atoms with E-state index in [1.54, 1.807) is 0 Å². The Labute approximate surface area is 158 Å².